The monoisotopic (exact) mass is 193 g/mol. The normalized spacial score (nSPS) is 40.6. The molecule has 2 fully saturated rings. The summed E-state index contributed by atoms with van der Waals surface area (Å²) in [5.74, 6) is 0.801. The Bertz CT molecular complexity index is 255. The molecule has 0 aromatic heterocycles. The van der Waals surface area contributed by atoms with Crippen molar-refractivity contribution in [2.75, 3.05) is 26.7 Å². The fourth-order valence-corrected chi connectivity index (χ4v) is 3.15. The molecule has 3 aliphatic rings. The second-order valence-corrected chi connectivity index (χ2v) is 4.89. The van der Waals surface area contributed by atoms with Gasteiger partial charge in [0.25, 0.3) is 0 Å². The summed E-state index contributed by atoms with van der Waals surface area (Å²) in [5.41, 5.74) is 0.125. The molecule has 1 spiro atoms. The van der Waals surface area contributed by atoms with E-state index in [2.05, 4.69) is 34.7 Å². The van der Waals surface area contributed by atoms with E-state index in [0.29, 0.717) is 0 Å². The number of likely N-dealkylation sites (tertiary alicyclic amines) is 1. The molecule has 2 saturated heterocycles. The van der Waals surface area contributed by atoms with Gasteiger partial charge in [0.05, 0.1) is 5.66 Å². The molecule has 3 nitrogen and oxygen atoms in total. The Morgan fingerprint density at radius 3 is 2.93 bits per heavy atom. The van der Waals surface area contributed by atoms with Gasteiger partial charge in [-0.05, 0) is 32.4 Å². The van der Waals surface area contributed by atoms with E-state index in [0.717, 1.165) is 25.0 Å². The zero-order valence-corrected chi connectivity index (χ0v) is 8.79. The largest absolute Gasteiger partial charge is 0.303 e. The molecular formula is C11H19N3. The van der Waals surface area contributed by atoms with Gasteiger partial charge in [0.1, 0.15) is 0 Å². The molecule has 0 amide bonds. The summed E-state index contributed by atoms with van der Waals surface area (Å²) in [7, 11) is 2.26. The molecule has 3 heteroatoms. The SMILES string of the molecule is CN1CCC2C=CC3(CC21)NCCN3. The van der Waals surface area contributed by atoms with Gasteiger partial charge in [0.2, 0.25) is 0 Å². The summed E-state index contributed by atoms with van der Waals surface area (Å²) < 4.78 is 0. The summed E-state index contributed by atoms with van der Waals surface area (Å²) >= 11 is 0. The van der Waals surface area contributed by atoms with Crippen molar-refractivity contribution in [2.24, 2.45) is 5.92 Å². The highest BCUT2D eigenvalue weighted by atomic mass is 15.3. The van der Waals surface area contributed by atoms with Crippen LogP contribution in [-0.2, 0) is 0 Å². The van der Waals surface area contributed by atoms with Crippen molar-refractivity contribution in [3.05, 3.63) is 12.2 Å². The minimum Gasteiger partial charge on any atom is -0.303 e. The second-order valence-electron chi connectivity index (χ2n) is 4.89. The standard InChI is InChI=1S/C11H19N3/c1-14-7-3-9-2-4-11(8-10(9)14)12-5-6-13-11/h2,4,9-10,12-13H,3,5-8H2,1H3. The number of nitrogens with zero attached hydrogens (tertiary/aromatic N) is 1. The molecule has 14 heavy (non-hydrogen) atoms. The van der Waals surface area contributed by atoms with E-state index in [1.165, 1.54) is 19.4 Å². The molecule has 0 radical (unpaired) electrons. The third-order valence-corrected chi connectivity index (χ3v) is 4.04. The van der Waals surface area contributed by atoms with Gasteiger partial charge in [-0.3, -0.25) is 10.6 Å². The molecule has 2 atom stereocenters. The van der Waals surface area contributed by atoms with Crippen LogP contribution in [0.5, 0.6) is 0 Å². The highest BCUT2D eigenvalue weighted by Crippen LogP contribution is 2.35. The Morgan fingerprint density at radius 1 is 1.36 bits per heavy atom. The van der Waals surface area contributed by atoms with Crippen molar-refractivity contribution < 1.29 is 0 Å². The van der Waals surface area contributed by atoms with Crippen LogP contribution in [0.3, 0.4) is 0 Å². The van der Waals surface area contributed by atoms with Crippen molar-refractivity contribution in [2.45, 2.75) is 24.5 Å². The summed E-state index contributed by atoms with van der Waals surface area (Å²) in [6.07, 6.45) is 7.35. The molecule has 78 valence electrons. The van der Waals surface area contributed by atoms with Crippen LogP contribution in [0, 0.1) is 5.92 Å². The summed E-state index contributed by atoms with van der Waals surface area (Å²) in [4.78, 5) is 2.51. The average Bonchev–Trinajstić information content (AvgIpc) is 2.77. The molecule has 0 aromatic carbocycles. The maximum absolute atomic E-state index is 3.58. The molecular weight excluding hydrogens is 174 g/mol. The summed E-state index contributed by atoms with van der Waals surface area (Å²) in [5, 5.41) is 7.16. The van der Waals surface area contributed by atoms with Crippen LogP contribution in [0.4, 0.5) is 0 Å². The Balaban J connectivity index is 1.84. The van der Waals surface area contributed by atoms with Gasteiger partial charge in [-0.1, -0.05) is 12.2 Å². The third-order valence-electron chi connectivity index (χ3n) is 4.04. The third kappa shape index (κ3) is 1.23. The average molecular weight is 193 g/mol. The smallest absolute Gasteiger partial charge is 0.0895 e. The highest BCUT2D eigenvalue weighted by molar-refractivity contribution is 5.18. The van der Waals surface area contributed by atoms with Gasteiger partial charge >= 0.3 is 0 Å². The van der Waals surface area contributed by atoms with Crippen LogP contribution in [0.25, 0.3) is 0 Å². The van der Waals surface area contributed by atoms with Crippen molar-refractivity contribution >= 4 is 0 Å². The Morgan fingerprint density at radius 2 is 2.14 bits per heavy atom. The van der Waals surface area contributed by atoms with Gasteiger partial charge in [0, 0.05) is 19.1 Å². The second kappa shape index (κ2) is 3.05. The Kier molecular flexibility index (Phi) is 1.94. The molecule has 3 rings (SSSR count). The molecule has 2 heterocycles. The first-order chi connectivity index (χ1) is 6.79. The summed E-state index contributed by atoms with van der Waals surface area (Å²) in [6.45, 7) is 3.46. The van der Waals surface area contributed by atoms with Crippen molar-refractivity contribution in [1.82, 2.24) is 15.5 Å². The van der Waals surface area contributed by atoms with Crippen LogP contribution in [-0.4, -0.2) is 43.3 Å². The maximum Gasteiger partial charge on any atom is 0.0895 e. The summed E-state index contributed by atoms with van der Waals surface area (Å²) in [6, 6.07) is 0.748. The highest BCUT2D eigenvalue weighted by Gasteiger charge is 2.42. The topological polar surface area (TPSA) is 27.3 Å². The fourth-order valence-electron chi connectivity index (χ4n) is 3.15. The van der Waals surface area contributed by atoms with Crippen LogP contribution in [0.1, 0.15) is 12.8 Å². The first-order valence-electron chi connectivity index (χ1n) is 5.69. The molecule has 2 aliphatic heterocycles. The lowest BCUT2D eigenvalue weighted by Crippen LogP contribution is -2.54. The van der Waals surface area contributed by atoms with Gasteiger partial charge < -0.3 is 4.90 Å². The van der Waals surface area contributed by atoms with Crippen molar-refractivity contribution in [3.8, 4) is 0 Å². The number of nitrogens with one attached hydrogen (secondary N) is 2. The van der Waals surface area contributed by atoms with Crippen molar-refractivity contribution in [1.29, 1.82) is 0 Å². The molecule has 0 saturated carbocycles. The van der Waals surface area contributed by atoms with E-state index >= 15 is 0 Å². The van der Waals surface area contributed by atoms with Crippen LogP contribution in [0.15, 0.2) is 12.2 Å². The Hall–Kier alpha value is -0.380. The molecule has 1 aliphatic carbocycles. The van der Waals surface area contributed by atoms with Crippen LogP contribution >= 0.6 is 0 Å². The lowest BCUT2D eigenvalue weighted by molar-refractivity contribution is 0.207. The van der Waals surface area contributed by atoms with E-state index in [9.17, 15) is 0 Å². The number of fused-ring (bicyclic) bond motifs is 1. The molecule has 2 N–H and O–H groups in total. The maximum atomic E-state index is 3.58. The number of hydrogen-bond donors (Lipinski definition) is 2. The van der Waals surface area contributed by atoms with Gasteiger partial charge in [-0.15, -0.1) is 0 Å². The Labute approximate surface area is 85.5 Å². The van der Waals surface area contributed by atoms with Crippen molar-refractivity contribution in [3.63, 3.8) is 0 Å². The van der Waals surface area contributed by atoms with Crippen LogP contribution < -0.4 is 10.6 Å². The number of hydrogen-bond acceptors (Lipinski definition) is 3. The predicted molar refractivity (Wildman–Crippen MR) is 57.0 cm³/mol. The number of rotatable bonds is 0. The molecule has 2 unspecified atom stereocenters. The van der Waals surface area contributed by atoms with Crippen LogP contribution in [0.2, 0.25) is 0 Å². The lowest BCUT2D eigenvalue weighted by atomic mass is 9.85. The minimum absolute atomic E-state index is 0.125. The zero-order chi connectivity index (χ0) is 9.60. The van der Waals surface area contributed by atoms with E-state index in [1.54, 1.807) is 0 Å². The lowest BCUT2D eigenvalue weighted by Gasteiger charge is -2.37. The predicted octanol–water partition coefficient (Wildman–Crippen LogP) is 0.156. The minimum atomic E-state index is 0.125. The quantitative estimate of drug-likeness (QED) is 0.537. The van der Waals surface area contributed by atoms with E-state index in [1.807, 2.05) is 0 Å². The zero-order valence-electron chi connectivity index (χ0n) is 8.79. The van der Waals surface area contributed by atoms with E-state index in [-0.39, 0.29) is 5.66 Å². The van der Waals surface area contributed by atoms with Gasteiger partial charge in [0.15, 0.2) is 0 Å². The van der Waals surface area contributed by atoms with E-state index in [4.69, 9.17) is 0 Å². The first-order valence-corrected chi connectivity index (χ1v) is 5.69. The van der Waals surface area contributed by atoms with E-state index < -0.39 is 0 Å². The fraction of sp³-hybridized carbons (Fsp3) is 0.818. The molecule has 0 aromatic rings. The van der Waals surface area contributed by atoms with Gasteiger partial charge in [-0.2, -0.15) is 0 Å². The first kappa shape index (κ1) is 8.89. The molecule has 0 bridgehead atoms. The van der Waals surface area contributed by atoms with Gasteiger partial charge in [-0.25, -0.2) is 0 Å².